The number of benzene rings is 1. The van der Waals surface area contributed by atoms with Crippen LogP contribution in [0.25, 0.3) is 10.4 Å². The van der Waals surface area contributed by atoms with Gasteiger partial charge in [-0.1, -0.05) is 16.8 Å². The summed E-state index contributed by atoms with van der Waals surface area (Å²) in [6.07, 6.45) is 0. The number of rotatable bonds is 4. The first kappa shape index (κ1) is 15.4. The van der Waals surface area contributed by atoms with Gasteiger partial charge in [-0.05, 0) is 36.8 Å². The molecule has 2 aromatic heterocycles. The van der Waals surface area contributed by atoms with Crippen molar-refractivity contribution >= 4 is 40.1 Å². The normalized spacial score (nSPS) is 12.4. The van der Waals surface area contributed by atoms with Gasteiger partial charge in [-0.2, -0.15) is 4.55 Å². The number of halogens is 2. The third-order valence-electron chi connectivity index (χ3n) is 2.83. The summed E-state index contributed by atoms with van der Waals surface area (Å²) in [7, 11) is 0. The zero-order valence-corrected chi connectivity index (χ0v) is 13.7. The van der Waals surface area contributed by atoms with Crippen molar-refractivity contribution in [2.45, 2.75) is 11.8 Å². The maximum absolute atomic E-state index is 14.2. The highest BCUT2D eigenvalue weighted by Gasteiger charge is 2.27. The lowest BCUT2D eigenvalue weighted by Gasteiger charge is -2.02. The van der Waals surface area contributed by atoms with E-state index in [1.54, 1.807) is 31.2 Å². The van der Waals surface area contributed by atoms with Crippen LogP contribution < -0.4 is 4.72 Å². The summed E-state index contributed by atoms with van der Waals surface area (Å²) in [4.78, 5) is 1.03. The Labute approximate surface area is 138 Å². The SMILES string of the molecule is Cc1cc(N[S+](O)c2ccc(-c3ccc(Cl)s3)cc2F)no1. The van der Waals surface area contributed by atoms with Crippen molar-refractivity contribution in [1.82, 2.24) is 5.16 Å². The minimum atomic E-state index is -1.51. The number of hydrogen-bond acceptors (Lipinski definition) is 5. The van der Waals surface area contributed by atoms with E-state index in [0.717, 1.165) is 4.88 Å². The van der Waals surface area contributed by atoms with E-state index >= 15 is 0 Å². The molecule has 0 aliphatic rings. The molecule has 3 rings (SSSR count). The Morgan fingerprint density at radius 3 is 2.73 bits per heavy atom. The fraction of sp³-hybridized carbons (Fsp3) is 0.0714. The molecule has 0 saturated carbocycles. The minimum Gasteiger partial charge on any atom is -0.359 e. The van der Waals surface area contributed by atoms with Gasteiger partial charge in [0.2, 0.25) is 5.82 Å². The van der Waals surface area contributed by atoms with Gasteiger partial charge < -0.3 is 4.52 Å². The predicted molar refractivity (Wildman–Crippen MR) is 87.8 cm³/mol. The monoisotopic (exact) mass is 357 g/mol. The molecule has 2 heterocycles. The van der Waals surface area contributed by atoms with E-state index < -0.39 is 17.2 Å². The molecule has 4 nitrogen and oxygen atoms in total. The molecule has 8 heteroatoms. The summed E-state index contributed by atoms with van der Waals surface area (Å²) < 4.78 is 32.6. The zero-order valence-electron chi connectivity index (χ0n) is 11.3. The van der Waals surface area contributed by atoms with Crippen LogP contribution in [0.1, 0.15) is 5.76 Å². The van der Waals surface area contributed by atoms with Crippen LogP contribution in [0.15, 0.2) is 45.8 Å². The minimum absolute atomic E-state index is 0.159. The molecule has 0 bridgehead atoms. The van der Waals surface area contributed by atoms with Gasteiger partial charge in [-0.25, -0.2) is 4.39 Å². The lowest BCUT2D eigenvalue weighted by Crippen LogP contribution is -2.14. The Morgan fingerprint density at radius 1 is 1.32 bits per heavy atom. The summed E-state index contributed by atoms with van der Waals surface area (Å²) in [6.45, 7) is 1.73. The van der Waals surface area contributed by atoms with Gasteiger partial charge >= 0.3 is 11.4 Å². The molecule has 0 amide bonds. The lowest BCUT2D eigenvalue weighted by molar-refractivity contribution is 0.400. The molecule has 0 aliphatic heterocycles. The van der Waals surface area contributed by atoms with Crippen molar-refractivity contribution in [3.05, 3.63) is 52.3 Å². The van der Waals surface area contributed by atoms with E-state index in [1.807, 2.05) is 6.07 Å². The smallest absolute Gasteiger partial charge is 0.308 e. The Bertz CT molecular complexity index is 806. The molecular weight excluding hydrogens is 347 g/mol. The van der Waals surface area contributed by atoms with E-state index in [9.17, 15) is 8.94 Å². The third kappa shape index (κ3) is 3.27. The van der Waals surface area contributed by atoms with Crippen molar-refractivity contribution in [2.75, 3.05) is 4.72 Å². The molecule has 0 radical (unpaired) electrons. The number of anilines is 1. The van der Waals surface area contributed by atoms with Gasteiger partial charge in [0, 0.05) is 17.0 Å². The average molecular weight is 358 g/mol. The molecule has 0 saturated heterocycles. The molecule has 114 valence electrons. The number of nitrogens with zero attached hydrogens (tertiary/aromatic N) is 1. The van der Waals surface area contributed by atoms with Gasteiger partial charge in [-0.15, -0.1) is 16.1 Å². The van der Waals surface area contributed by atoms with E-state index in [-0.39, 0.29) is 4.90 Å². The van der Waals surface area contributed by atoms with Crippen LogP contribution in [0.3, 0.4) is 0 Å². The number of hydrogen-bond donors (Lipinski definition) is 2. The van der Waals surface area contributed by atoms with Gasteiger partial charge in [-0.3, -0.25) is 0 Å². The Kier molecular flexibility index (Phi) is 4.39. The van der Waals surface area contributed by atoms with Crippen LogP contribution >= 0.6 is 22.9 Å². The van der Waals surface area contributed by atoms with Crippen LogP contribution in [-0.2, 0) is 11.4 Å². The number of aryl methyl sites for hydroxylation is 1. The predicted octanol–water partition coefficient (Wildman–Crippen LogP) is 4.98. The Morgan fingerprint density at radius 2 is 2.14 bits per heavy atom. The van der Waals surface area contributed by atoms with Crippen molar-refractivity contribution in [1.29, 1.82) is 0 Å². The second-order valence-electron chi connectivity index (χ2n) is 4.46. The van der Waals surface area contributed by atoms with Crippen molar-refractivity contribution in [2.24, 2.45) is 0 Å². The van der Waals surface area contributed by atoms with Crippen molar-refractivity contribution in [3.63, 3.8) is 0 Å². The fourth-order valence-corrected chi connectivity index (χ4v) is 3.73. The average Bonchev–Trinajstić information content (AvgIpc) is 3.07. The summed E-state index contributed by atoms with van der Waals surface area (Å²) in [5.74, 6) is 0.460. The number of nitrogens with one attached hydrogen (secondary N) is 1. The van der Waals surface area contributed by atoms with Crippen LogP contribution in [0.2, 0.25) is 4.34 Å². The van der Waals surface area contributed by atoms with E-state index in [0.29, 0.717) is 21.5 Å². The van der Waals surface area contributed by atoms with E-state index in [4.69, 9.17) is 16.1 Å². The quantitative estimate of drug-likeness (QED) is 0.646. The standard InChI is InChI=1S/C14H11ClFN2O2S2/c1-8-6-14(17-20-8)18-22(19)12-4-2-9(7-10(12)16)11-3-5-13(15)21-11/h2-7,19H,1H3,(H,17,18)/q+1. The third-order valence-corrected chi connectivity index (χ3v) is 5.26. The molecule has 3 aromatic rings. The maximum Gasteiger partial charge on any atom is 0.308 e. The summed E-state index contributed by atoms with van der Waals surface area (Å²) >= 11 is 5.74. The lowest BCUT2D eigenvalue weighted by atomic mass is 10.2. The van der Waals surface area contributed by atoms with Crippen molar-refractivity contribution in [3.8, 4) is 10.4 Å². The highest BCUT2D eigenvalue weighted by Crippen LogP contribution is 2.32. The first-order valence-corrected chi connectivity index (χ1v) is 8.59. The molecule has 0 fully saturated rings. The molecule has 0 aliphatic carbocycles. The summed E-state index contributed by atoms with van der Waals surface area (Å²) in [6, 6.07) is 9.88. The second kappa shape index (κ2) is 6.29. The molecule has 1 aromatic carbocycles. The number of aromatic nitrogens is 1. The molecule has 2 N–H and O–H groups in total. The summed E-state index contributed by atoms with van der Waals surface area (Å²) in [5, 5.41) is 3.70. The van der Waals surface area contributed by atoms with Gasteiger partial charge in [0.05, 0.1) is 4.34 Å². The van der Waals surface area contributed by atoms with Crippen LogP contribution in [0.5, 0.6) is 0 Å². The van der Waals surface area contributed by atoms with Gasteiger partial charge in [0.15, 0.2) is 5.82 Å². The highest BCUT2D eigenvalue weighted by atomic mass is 35.5. The highest BCUT2D eigenvalue weighted by molar-refractivity contribution is 7.92. The molecular formula is C14H11ClFN2O2S2+. The van der Waals surface area contributed by atoms with Crippen LogP contribution in [0.4, 0.5) is 10.2 Å². The molecule has 22 heavy (non-hydrogen) atoms. The first-order valence-electron chi connectivity index (χ1n) is 6.21. The van der Waals surface area contributed by atoms with Crippen molar-refractivity contribution < 1.29 is 13.5 Å². The fourth-order valence-electron chi connectivity index (χ4n) is 1.85. The van der Waals surface area contributed by atoms with E-state index in [1.165, 1.54) is 17.4 Å². The molecule has 0 spiro atoms. The van der Waals surface area contributed by atoms with Gasteiger partial charge in [0.25, 0.3) is 4.90 Å². The second-order valence-corrected chi connectivity index (χ2v) is 7.39. The number of thiophene rings is 1. The Balaban J connectivity index is 1.82. The maximum atomic E-state index is 14.2. The summed E-state index contributed by atoms with van der Waals surface area (Å²) in [5.41, 5.74) is 0.715. The Hall–Kier alpha value is -1.54. The van der Waals surface area contributed by atoms with Crippen LogP contribution in [-0.4, -0.2) is 9.71 Å². The van der Waals surface area contributed by atoms with Gasteiger partial charge in [0.1, 0.15) is 5.76 Å². The topological polar surface area (TPSA) is 58.3 Å². The molecule has 1 unspecified atom stereocenters. The van der Waals surface area contributed by atoms with Crippen LogP contribution in [0, 0.1) is 12.7 Å². The zero-order chi connectivity index (χ0) is 15.7. The molecule has 1 atom stereocenters. The van der Waals surface area contributed by atoms with E-state index in [2.05, 4.69) is 9.88 Å². The largest absolute Gasteiger partial charge is 0.359 e. The first-order chi connectivity index (χ1) is 10.5.